The summed E-state index contributed by atoms with van der Waals surface area (Å²) in [6.45, 7) is 2.04. The van der Waals surface area contributed by atoms with Crippen LogP contribution in [0.3, 0.4) is 0 Å². The van der Waals surface area contributed by atoms with Gasteiger partial charge < -0.3 is 15.7 Å². The number of carboxylic acid groups (broad SMARTS) is 1. The molecule has 1 rings (SSSR count). The first-order valence-corrected chi connectivity index (χ1v) is 7.28. The van der Waals surface area contributed by atoms with Crippen LogP contribution in [0.1, 0.15) is 36.5 Å². The van der Waals surface area contributed by atoms with Gasteiger partial charge in [0.2, 0.25) is 5.91 Å². The number of amides is 2. The van der Waals surface area contributed by atoms with E-state index in [4.69, 9.17) is 5.11 Å². The SMILES string of the molecule is CCC(CC(=O)O)NC(=O)CCNC(=O)c1ccsc1. The summed E-state index contributed by atoms with van der Waals surface area (Å²) >= 11 is 1.43. The van der Waals surface area contributed by atoms with Gasteiger partial charge in [-0.1, -0.05) is 6.92 Å². The Labute approximate surface area is 121 Å². The third kappa shape index (κ3) is 5.83. The van der Waals surface area contributed by atoms with Crippen molar-refractivity contribution in [2.45, 2.75) is 32.2 Å². The van der Waals surface area contributed by atoms with Crippen LogP contribution in [-0.4, -0.2) is 35.5 Å². The zero-order chi connectivity index (χ0) is 15.0. The standard InChI is InChI=1S/C13H18N2O4S/c1-2-10(7-12(17)18)15-11(16)3-5-14-13(19)9-4-6-20-8-9/h4,6,8,10H,2-3,5,7H2,1H3,(H,14,19)(H,15,16)(H,17,18). The molecule has 1 aromatic heterocycles. The highest BCUT2D eigenvalue weighted by Gasteiger charge is 2.14. The molecule has 0 aliphatic heterocycles. The molecule has 1 unspecified atom stereocenters. The van der Waals surface area contributed by atoms with Crippen LogP contribution in [0.25, 0.3) is 0 Å². The van der Waals surface area contributed by atoms with E-state index in [0.29, 0.717) is 12.0 Å². The minimum atomic E-state index is -0.942. The van der Waals surface area contributed by atoms with E-state index in [0.717, 1.165) is 0 Å². The van der Waals surface area contributed by atoms with Gasteiger partial charge in [0.15, 0.2) is 0 Å². The molecule has 0 spiro atoms. The quantitative estimate of drug-likeness (QED) is 0.673. The van der Waals surface area contributed by atoms with E-state index in [-0.39, 0.29) is 37.2 Å². The summed E-state index contributed by atoms with van der Waals surface area (Å²) in [6.07, 6.45) is 0.592. The molecule has 0 aliphatic carbocycles. The van der Waals surface area contributed by atoms with Gasteiger partial charge in [0.05, 0.1) is 6.42 Å². The minimum absolute atomic E-state index is 0.0937. The van der Waals surface area contributed by atoms with Gasteiger partial charge >= 0.3 is 5.97 Å². The molecule has 6 nitrogen and oxygen atoms in total. The van der Waals surface area contributed by atoms with Crippen LogP contribution in [-0.2, 0) is 9.59 Å². The molecule has 2 amide bonds. The highest BCUT2D eigenvalue weighted by molar-refractivity contribution is 7.08. The number of hydrogen-bond acceptors (Lipinski definition) is 4. The molecule has 0 radical (unpaired) electrons. The molecule has 0 fully saturated rings. The number of carbonyl (C=O) groups excluding carboxylic acids is 2. The summed E-state index contributed by atoms with van der Waals surface area (Å²) in [5.74, 6) is -1.41. The molecule has 3 N–H and O–H groups in total. The second kappa shape index (κ2) is 8.31. The monoisotopic (exact) mass is 298 g/mol. The van der Waals surface area contributed by atoms with E-state index in [9.17, 15) is 14.4 Å². The maximum atomic E-state index is 11.6. The molecule has 1 atom stereocenters. The number of carboxylic acids is 1. The lowest BCUT2D eigenvalue weighted by molar-refractivity contribution is -0.137. The van der Waals surface area contributed by atoms with Crippen LogP contribution in [0.2, 0.25) is 0 Å². The highest BCUT2D eigenvalue weighted by atomic mass is 32.1. The first-order valence-electron chi connectivity index (χ1n) is 6.34. The van der Waals surface area contributed by atoms with Crippen LogP contribution in [0, 0.1) is 0 Å². The molecule has 0 aliphatic rings. The summed E-state index contributed by atoms with van der Waals surface area (Å²) in [6, 6.07) is 1.34. The van der Waals surface area contributed by atoms with Gasteiger partial charge in [0.1, 0.15) is 0 Å². The van der Waals surface area contributed by atoms with Crippen molar-refractivity contribution < 1.29 is 19.5 Å². The number of thiophene rings is 1. The summed E-state index contributed by atoms with van der Waals surface area (Å²) in [7, 11) is 0. The second-order valence-corrected chi connectivity index (χ2v) is 5.07. The Kier molecular flexibility index (Phi) is 6.72. The second-order valence-electron chi connectivity index (χ2n) is 4.29. The summed E-state index contributed by atoms with van der Waals surface area (Å²) in [5.41, 5.74) is 0.577. The van der Waals surface area contributed by atoms with E-state index < -0.39 is 5.97 Å². The van der Waals surface area contributed by atoms with Gasteiger partial charge in [0, 0.05) is 30.0 Å². The van der Waals surface area contributed by atoms with E-state index in [1.807, 2.05) is 6.92 Å². The molecule has 20 heavy (non-hydrogen) atoms. The summed E-state index contributed by atoms with van der Waals surface area (Å²) in [5, 5.41) is 17.5. The van der Waals surface area contributed by atoms with E-state index in [2.05, 4.69) is 10.6 Å². The average Bonchev–Trinajstić information content (AvgIpc) is 2.91. The Morgan fingerprint density at radius 2 is 2.15 bits per heavy atom. The lowest BCUT2D eigenvalue weighted by Gasteiger charge is -2.14. The Morgan fingerprint density at radius 3 is 2.70 bits per heavy atom. The molecule has 110 valence electrons. The van der Waals surface area contributed by atoms with Gasteiger partial charge in [-0.25, -0.2) is 0 Å². The lowest BCUT2D eigenvalue weighted by Crippen LogP contribution is -2.38. The molecule has 0 bridgehead atoms. The first-order chi connectivity index (χ1) is 9.52. The molecule has 0 saturated heterocycles. The zero-order valence-electron chi connectivity index (χ0n) is 11.2. The van der Waals surface area contributed by atoms with Gasteiger partial charge in [0.25, 0.3) is 5.91 Å². The van der Waals surface area contributed by atoms with E-state index in [1.54, 1.807) is 16.8 Å². The van der Waals surface area contributed by atoms with Crippen molar-refractivity contribution in [1.29, 1.82) is 0 Å². The number of hydrogen-bond donors (Lipinski definition) is 3. The number of nitrogens with one attached hydrogen (secondary N) is 2. The number of aliphatic carboxylic acids is 1. The number of carbonyl (C=O) groups is 3. The fraction of sp³-hybridized carbons (Fsp3) is 0.462. The Morgan fingerprint density at radius 1 is 1.40 bits per heavy atom. The van der Waals surface area contributed by atoms with Crippen molar-refractivity contribution in [1.82, 2.24) is 10.6 Å². The lowest BCUT2D eigenvalue weighted by atomic mass is 10.1. The van der Waals surface area contributed by atoms with Gasteiger partial charge in [-0.05, 0) is 17.9 Å². The predicted octanol–water partition coefficient (Wildman–Crippen LogP) is 1.24. The fourth-order valence-corrected chi connectivity index (χ4v) is 2.23. The average molecular weight is 298 g/mol. The minimum Gasteiger partial charge on any atom is -0.481 e. The molecular formula is C13H18N2O4S. The molecule has 7 heteroatoms. The smallest absolute Gasteiger partial charge is 0.305 e. The predicted molar refractivity (Wildman–Crippen MR) is 75.7 cm³/mol. The summed E-state index contributed by atoms with van der Waals surface area (Å²) in [4.78, 5) is 33.8. The largest absolute Gasteiger partial charge is 0.481 e. The van der Waals surface area contributed by atoms with Crippen LogP contribution in [0.4, 0.5) is 0 Å². The highest BCUT2D eigenvalue weighted by Crippen LogP contribution is 2.05. The van der Waals surface area contributed by atoms with Crippen LogP contribution < -0.4 is 10.6 Å². The van der Waals surface area contributed by atoms with Gasteiger partial charge in [-0.3, -0.25) is 14.4 Å². The first kappa shape index (κ1) is 16.2. The molecule has 0 aromatic carbocycles. The van der Waals surface area contributed by atoms with Crippen molar-refractivity contribution >= 4 is 29.1 Å². The van der Waals surface area contributed by atoms with Crippen molar-refractivity contribution in [3.05, 3.63) is 22.4 Å². The van der Waals surface area contributed by atoms with Crippen LogP contribution in [0.15, 0.2) is 16.8 Å². The maximum absolute atomic E-state index is 11.6. The van der Waals surface area contributed by atoms with Crippen molar-refractivity contribution in [2.24, 2.45) is 0 Å². The summed E-state index contributed by atoms with van der Waals surface area (Å²) < 4.78 is 0. The molecular weight excluding hydrogens is 280 g/mol. The molecule has 1 aromatic rings. The van der Waals surface area contributed by atoms with Crippen LogP contribution >= 0.6 is 11.3 Å². The fourth-order valence-electron chi connectivity index (χ4n) is 1.59. The topological polar surface area (TPSA) is 95.5 Å². The maximum Gasteiger partial charge on any atom is 0.305 e. The normalized spacial score (nSPS) is 11.7. The Bertz CT molecular complexity index is 459. The van der Waals surface area contributed by atoms with Crippen molar-refractivity contribution in [2.75, 3.05) is 6.54 Å². The third-order valence-electron chi connectivity index (χ3n) is 2.70. The van der Waals surface area contributed by atoms with Gasteiger partial charge in [-0.15, -0.1) is 0 Å². The van der Waals surface area contributed by atoms with E-state index in [1.165, 1.54) is 11.3 Å². The molecule has 0 saturated carbocycles. The molecule has 1 heterocycles. The van der Waals surface area contributed by atoms with Crippen LogP contribution in [0.5, 0.6) is 0 Å². The van der Waals surface area contributed by atoms with Crippen molar-refractivity contribution in [3.63, 3.8) is 0 Å². The van der Waals surface area contributed by atoms with E-state index >= 15 is 0 Å². The van der Waals surface area contributed by atoms with Crippen molar-refractivity contribution in [3.8, 4) is 0 Å². The number of rotatable bonds is 8. The van der Waals surface area contributed by atoms with Gasteiger partial charge in [-0.2, -0.15) is 11.3 Å². The third-order valence-corrected chi connectivity index (χ3v) is 3.38. The Hall–Kier alpha value is -1.89. The zero-order valence-corrected chi connectivity index (χ0v) is 12.0. The Balaban J connectivity index is 2.25.